The largest absolute Gasteiger partial charge is 0.495 e. The van der Waals surface area contributed by atoms with Crippen LogP contribution < -0.4 is 15.2 Å². The topological polar surface area (TPSA) is 50.6 Å². The van der Waals surface area contributed by atoms with Crippen LogP contribution in [-0.2, 0) is 0 Å². The Bertz CT molecular complexity index is 1090. The number of nitrogens with zero attached hydrogens (tertiary/aromatic N) is 4. The van der Waals surface area contributed by atoms with Crippen molar-refractivity contribution in [1.82, 2.24) is 14.5 Å². The molecule has 6 nitrogen and oxygen atoms in total. The van der Waals surface area contributed by atoms with Crippen molar-refractivity contribution in [2.24, 2.45) is 0 Å². The summed E-state index contributed by atoms with van der Waals surface area (Å²) in [6, 6.07) is 16.0. The van der Waals surface area contributed by atoms with E-state index >= 15 is 0 Å². The van der Waals surface area contributed by atoms with E-state index in [1.807, 2.05) is 41.0 Å². The molecule has 0 spiro atoms. The van der Waals surface area contributed by atoms with Crippen LogP contribution in [0.25, 0.3) is 10.9 Å². The summed E-state index contributed by atoms with van der Waals surface area (Å²) < 4.78 is 7.43. The molecule has 1 fully saturated rings. The molecule has 2 aromatic carbocycles. The van der Waals surface area contributed by atoms with Crippen molar-refractivity contribution in [1.29, 1.82) is 0 Å². The first-order chi connectivity index (χ1) is 14.2. The quantitative estimate of drug-likeness (QED) is 0.619. The highest BCUT2D eigenvalue weighted by Gasteiger charge is 2.29. The number of rotatable bonds is 4. The molecule has 3 aromatic rings. The van der Waals surface area contributed by atoms with Crippen molar-refractivity contribution in [3.05, 3.63) is 58.9 Å². The number of methoxy groups -OCH3 is 1. The highest BCUT2D eigenvalue weighted by molar-refractivity contribution is 7.99. The van der Waals surface area contributed by atoms with E-state index in [0.717, 1.165) is 60.6 Å². The molecule has 1 unspecified atom stereocenters. The maximum atomic E-state index is 13.0. The third-order valence-electron chi connectivity index (χ3n) is 5.81. The average Bonchev–Trinajstić information content (AvgIpc) is 3.17. The van der Waals surface area contributed by atoms with Gasteiger partial charge in [-0.15, -0.1) is 0 Å². The summed E-state index contributed by atoms with van der Waals surface area (Å²) in [7, 11) is 1.72. The molecule has 3 heterocycles. The Morgan fingerprint density at radius 2 is 1.83 bits per heavy atom. The van der Waals surface area contributed by atoms with Crippen LogP contribution >= 0.6 is 11.8 Å². The van der Waals surface area contributed by atoms with E-state index in [9.17, 15) is 4.79 Å². The van der Waals surface area contributed by atoms with Gasteiger partial charge in [0.1, 0.15) is 5.75 Å². The van der Waals surface area contributed by atoms with Crippen molar-refractivity contribution >= 4 is 28.4 Å². The molecule has 1 aromatic heterocycles. The fourth-order valence-corrected chi connectivity index (χ4v) is 5.42. The molecule has 0 radical (unpaired) electrons. The van der Waals surface area contributed by atoms with Gasteiger partial charge in [-0.1, -0.05) is 36.0 Å². The van der Waals surface area contributed by atoms with Crippen molar-refractivity contribution in [3.8, 4) is 5.75 Å². The number of piperazine rings is 1. The van der Waals surface area contributed by atoms with Crippen LogP contribution in [0.15, 0.2) is 58.5 Å². The first kappa shape index (κ1) is 18.5. The summed E-state index contributed by atoms with van der Waals surface area (Å²) in [4.78, 5) is 22.6. The molecule has 2 aliphatic heterocycles. The molecule has 29 heavy (non-hydrogen) atoms. The van der Waals surface area contributed by atoms with Gasteiger partial charge in [0.15, 0.2) is 5.16 Å². The maximum Gasteiger partial charge on any atom is 0.262 e. The molecule has 0 amide bonds. The lowest BCUT2D eigenvalue weighted by Crippen LogP contribution is -2.48. The lowest BCUT2D eigenvalue weighted by molar-refractivity contribution is 0.223. The van der Waals surface area contributed by atoms with Crippen LogP contribution in [0.1, 0.15) is 6.04 Å². The maximum absolute atomic E-state index is 13.0. The normalized spacial score (nSPS) is 19.5. The average molecular weight is 409 g/mol. The zero-order valence-electron chi connectivity index (χ0n) is 16.5. The summed E-state index contributed by atoms with van der Waals surface area (Å²) in [6.45, 7) is 4.75. The molecule has 150 valence electrons. The Kier molecular flexibility index (Phi) is 4.93. The second kappa shape index (κ2) is 7.72. The number of benzene rings is 2. The molecule has 1 atom stereocenters. The number of fused-ring (bicyclic) bond motifs is 2. The fraction of sp³-hybridized carbons (Fsp3) is 0.364. The van der Waals surface area contributed by atoms with Crippen molar-refractivity contribution < 1.29 is 4.74 Å². The standard InChI is InChI=1S/C22H24N4O2S/c1-28-20-9-5-4-8-19(20)25-12-10-24(11-13-25)14-16-15-29-22-23-18-7-3-2-6-17(18)21(27)26(16)22/h2-9,16H,10-15H2,1H3. The van der Waals surface area contributed by atoms with E-state index in [1.54, 1.807) is 18.9 Å². The molecule has 5 rings (SSSR count). The van der Waals surface area contributed by atoms with Crippen LogP contribution in [0.2, 0.25) is 0 Å². The molecule has 0 bridgehead atoms. The number of para-hydroxylation sites is 3. The van der Waals surface area contributed by atoms with E-state index in [0.29, 0.717) is 5.39 Å². The van der Waals surface area contributed by atoms with Crippen molar-refractivity contribution in [2.45, 2.75) is 11.2 Å². The van der Waals surface area contributed by atoms with E-state index < -0.39 is 0 Å². The number of hydrogen-bond donors (Lipinski definition) is 0. The molecule has 0 saturated carbocycles. The Hall–Kier alpha value is -2.51. The van der Waals surface area contributed by atoms with Crippen LogP contribution in [0.4, 0.5) is 5.69 Å². The lowest BCUT2D eigenvalue weighted by Gasteiger charge is -2.37. The molecule has 1 saturated heterocycles. The van der Waals surface area contributed by atoms with Crippen LogP contribution in [0.3, 0.4) is 0 Å². The van der Waals surface area contributed by atoms with Crippen LogP contribution in [0.5, 0.6) is 5.75 Å². The summed E-state index contributed by atoms with van der Waals surface area (Å²) in [6.07, 6.45) is 0. The van der Waals surface area contributed by atoms with Gasteiger partial charge in [0.2, 0.25) is 0 Å². The van der Waals surface area contributed by atoms with E-state index in [-0.39, 0.29) is 11.6 Å². The van der Waals surface area contributed by atoms with Gasteiger partial charge < -0.3 is 9.64 Å². The summed E-state index contributed by atoms with van der Waals surface area (Å²) >= 11 is 1.69. The molecular weight excluding hydrogens is 384 g/mol. The minimum atomic E-state index is 0.0910. The van der Waals surface area contributed by atoms with E-state index in [1.165, 1.54) is 0 Å². The van der Waals surface area contributed by atoms with Gasteiger partial charge in [-0.25, -0.2) is 4.98 Å². The number of ether oxygens (including phenoxy) is 1. The third kappa shape index (κ3) is 3.38. The Morgan fingerprint density at radius 3 is 2.66 bits per heavy atom. The van der Waals surface area contributed by atoms with Crippen molar-refractivity contribution in [3.63, 3.8) is 0 Å². The Morgan fingerprint density at radius 1 is 1.07 bits per heavy atom. The van der Waals surface area contributed by atoms with Crippen LogP contribution in [0, 0.1) is 0 Å². The highest BCUT2D eigenvalue weighted by Crippen LogP contribution is 2.33. The fourth-order valence-electron chi connectivity index (χ4n) is 4.29. The molecule has 0 aliphatic carbocycles. The zero-order valence-corrected chi connectivity index (χ0v) is 17.3. The molecular formula is C22H24N4O2S. The second-order valence-electron chi connectivity index (χ2n) is 7.51. The van der Waals surface area contributed by atoms with E-state index in [4.69, 9.17) is 9.72 Å². The van der Waals surface area contributed by atoms with Gasteiger partial charge in [0.05, 0.1) is 29.7 Å². The predicted molar refractivity (Wildman–Crippen MR) is 117 cm³/mol. The smallest absolute Gasteiger partial charge is 0.262 e. The van der Waals surface area contributed by atoms with E-state index in [2.05, 4.69) is 21.9 Å². The number of aromatic nitrogens is 2. The highest BCUT2D eigenvalue weighted by atomic mass is 32.2. The van der Waals surface area contributed by atoms with Gasteiger partial charge in [0, 0.05) is 38.5 Å². The number of thioether (sulfide) groups is 1. The monoisotopic (exact) mass is 408 g/mol. The predicted octanol–water partition coefficient (Wildman–Crippen LogP) is 2.87. The molecule has 7 heteroatoms. The summed E-state index contributed by atoms with van der Waals surface area (Å²) in [5.74, 6) is 1.83. The van der Waals surface area contributed by atoms with Gasteiger partial charge in [-0.05, 0) is 24.3 Å². The van der Waals surface area contributed by atoms with Gasteiger partial charge in [0.25, 0.3) is 5.56 Å². The Labute approximate surface area is 174 Å². The van der Waals surface area contributed by atoms with Gasteiger partial charge >= 0.3 is 0 Å². The summed E-state index contributed by atoms with van der Waals surface area (Å²) in [5, 5.41) is 1.57. The SMILES string of the molecule is COc1ccccc1N1CCN(CC2CSc3nc4ccccc4c(=O)n32)CC1. The van der Waals surface area contributed by atoms with Gasteiger partial charge in [-0.2, -0.15) is 0 Å². The lowest BCUT2D eigenvalue weighted by atomic mass is 10.2. The molecule has 0 N–H and O–H groups in total. The Balaban J connectivity index is 1.30. The first-order valence-electron chi connectivity index (χ1n) is 9.99. The first-order valence-corrected chi connectivity index (χ1v) is 11.0. The minimum Gasteiger partial charge on any atom is -0.495 e. The minimum absolute atomic E-state index is 0.0910. The molecule has 2 aliphatic rings. The summed E-state index contributed by atoms with van der Waals surface area (Å²) in [5.41, 5.74) is 2.04. The third-order valence-corrected chi connectivity index (χ3v) is 6.91. The second-order valence-corrected chi connectivity index (χ2v) is 8.50. The number of hydrogen-bond acceptors (Lipinski definition) is 6. The van der Waals surface area contributed by atoms with Crippen molar-refractivity contribution in [2.75, 3.05) is 50.5 Å². The zero-order chi connectivity index (χ0) is 19.8. The van der Waals surface area contributed by atoms with Gasteiger partial charge in [-0.3, -0.25) is 14.3 Å². The number of anilines is 1. The van der Waals surface area contributed by atoms with Crippen LogP contribution in [-0.4, -0.2) is 60.0 Å².